The number of amides is 1. The van der Waals surface area contributed by atoms with Crippen molar-refractivity contribution in [3.8, 4) is 0 Å². The standard InChI is InChI=1S/C20H15N3OS2SeSi/c1-22-19(24)14(26-20(22)25)11-12-8-9-17(27-12)23-13-5-2-3-6-15(13)28-16-7-4-10-21-18(16)23/h2-11H,28H2,1H3/b14-11+. The van der Waals surface area contributed by atoms with Crippen molar-refractivity contribution in [3.05, 3.63) is 64.1 Å². The molecule has 4 heterocycles. The third-order valence-corrected chi connectivity index (χ3v) is 10.3. The van der Waals surface area contributed by atoms with Gasteiger partial charge >= 0.3 is 181 Å². The molecule has 0 saturated carbocycles. The summed E-state index contributed by atoms with van der Waals surface area (Å²) in [6.07, 6.45) is 3.87. The fourth-order valence-electron chi connectivity index (χ4n) is 3.41. The summed E-state index contributed by atoms with van der Waals surface area (Å²) in [5.41, 5.74) is 1.25. The van der Waals surface area contributed by atoms with Gasteiger partial charge in [-0.15, -0.1) is 0 Å². The predicted octanol–water partition coefficient (Wildman–Crippen LogP) is 1.87. The molecule has 2 aliphatic rings. The van der Waals surface area contributed by atoms with E-state index in [4.69, 9.17) is 17.2 Å². The third-order valence-electron chi connectivity index (χ3n) is 4.79. The molecular formula is C20H15N3OS2SeSi. The van der Waals surface area contributed by atoms with Gasteiger partial charge in [0.05, 0.1) is 0 Å². The molecule has 5 rings (SSSR count). The molecule has 1 aromatic carbocycles. The van der Waals surface area contributed by atoms with E-state index in [0.717, 1.165) is 5.82 Å². The summed E-state index contributed by atoms with van der Waals surface area (Å²) in [4.78, 5) is 21.6. The van der Waals surface area contributed by atoms with Crippen molar-refractivity contribution in [2.45, 2.75) is 0 Å². The summed E-state index contributed by atoms with van der Waals surface area (Å²) in [7, 11) is 1.21. The SMILES string of the molecule is CN1C(=O)/C(=C\c2ccc(N3c4ccccc4[SiH2]c4cccnc43)[se]2)SC1=S. The molecule has 138 valence electrons. The molecule has 0 atom stereocenters. The van der Waals surface area contributed by atoms with Gasteiger partial charge in [0, 0.05) is 0 Å². The van der Waals surface area contributed by atoms with Crippen LogP contribution < -0.4 is 15.3 Å². The van der Waals surface area contributed by atoms with Crippen LogP contribution in [0.5, 0.6) is 0 Å². The number of thioether (sulfide) groups is 1. The molecule has 1 saturated heterocycles. The fraction of sp³-hybridized carbons (Fsp3) is 0.0500. The molecule has 28 heavy (non-hydrogen) atoms. The predicted molar refractivity (Wildman–Crippen MR) is 125 cm³/mol. The van der Waals surface area contributed by atoms with E-state index in [1.54, 1.807) is 7.05 Å². The van der Waals surface area contributed by atoms with Gasteiger partial charge in [-0.1, -0.05) is 0 Å². The summed E-state index contributed by atoms with van der Waals surface area (Å²) in [5.74, 6) is 1.05. The maximum atomic E-state index is 12.3. The first kappa shape index (κ1) is 18.1. The van der Waals surface area contributed by atoms with Crippen LogP contribution in [-0.4, -0.2) is 51.2 Å². The van der Waals surface area contributed by atoms with E-state index in [1.807, 2.05) is 18.3 Å². The number of hydrogen-bond acceptors (Lipinski definition) is 5. The number of carbonyl (C=O) groups excluding carboxylic acids is 1. The van der Waals surface area contributed by atoms with Crippen LogP contribution in [0.15, 0.2) is 59.6 Å². The average molecular weight is 485 g/mol. The number of nitrogens with zero attached hydrogens (tertiary/aromatic N) is 3. The monoisotopic (exact) mass is 485 g/mol. The number of anilines is 3. The first-order chi connectivity index (χ1) is 13.6. The Morgan fingerprint density at radius 2 is 1.96 bits per heavy atom. The molecule has 2 aliphatic heterocycles. The Balaban J connectivity index is 1.57. The fourth-order valence-corrected chi connectivity index (χ4v) is 8.55. The molecule has 1 fully saturated rings. The van der Waals surface area contributed by atoms with E-state index < -0.39 is 9.52 Å². The number of likely N-dealkylation sites (N-methyl/N-ethyl adjacent to an activating group) is 1. The molecule has 0 bridgehead atoms. The van der Waals surface area contributed by atoms with Crippen molar-refractivity contribution in [1.29, 1.82) is 0 Å². The molecule has 0 aliphatic carbocycles. The zero-order chi connectivity index (χ0) is 19.3. The van der Waals surface area contributed by atoms with E-state index >= 15 is 0 Å². The molecule has 2 aromatic heterocycles. The van der Waals surface area contributed by atoms with E-state index in [9.17, 15) is 4.79 Å². The summed E-state index contributed by atoms with van der Waals surface area (Å²) in [6.45, 7) is 0. The second-order valence-corrected chi connectivity index (χ2v) is 12.4. The Hall–Kier alpha value is -1.96. The number of carbonyl (C=O) groups is 1. The van der Waals surface area contributed by atoms with Crippen LogP contribution in [-0.2, 0) is 4.79 Å². The van der Waals surface area contributed by atoms with Crippen LogP contribution >= 0.6 is 24.0 Å². The van der Waals surface area contributed by atoms with Gasteiger partial charge in [-0.2, -0.15) is 0 Å². The van der Waals surface area contributed by atoms with Gasteiger partial charge < -0.3 is 0 Å². The van der Waals surface area contributed by atoms with Crippen molar-refractivity contribution < 1.29 is 4.79 Å². The maximum absolute atomic E-state index is 12.3. The first-order valence-electron chi connectivity index (χ1n) is 8.75. The average Bonchev–Trinajstić information content (AvgIpc) is 3.26. The molecular weight excluding hydrogens is 469 g/mol. The van der Waals surface area contributed by atoms with Crippen LogP contribution in [0.1, 0.15) is 4.44 Å². The second-order valence-electron chi connectivity index (χ2n) is 6.54. The van der Waals surface area contributed by atoms with Crippen molar-refractivity contribution in [3.63, 3.8) is 0 Å². The topological polar surface area (TPSA) is 36.4 Å². The second kappa shape index (κ2) is 7.13. The Labute approximate surface area is 180 Å². The molecule has 0 radical (unpaired) electrons. The van der Waals surface area contributed by atoms with Crippen LogP contribution in [0.25, 0.3) is 6.08 Å². The summed E-state index contributed by atoms with van der Waals surface area (Å²) < 4.78 is 3.03. The molecule has 0 N–H and O–H groups in total. The molecule has 1 amide bonds. The molecule has 4 nitrogen and oxygen atoms in total. The van der Waals surface area contributed by atoms with Gasteiger partial charge in [-0.05, 0) is 0 Å². The minimum absolute atomic E-state index is 0.0125. The summed E-state index contributed by atoms with van der Waals surface area (Å²) >= 11 is 6.71. The van der Waals surface area contributed by atoms with Crippen LogP contribution in [0, 0.1) is 0 Å². The Morgan fingerprint density at radius 3 is 2.79 bits per heavy atom. The molecule has 0 spiro atoms. The quantitative estimate of drug-likeness (QED) is 0.247. The molecule has 8 heteroatoms. The number of thiocarbonyl (C=S) groups is 1. The summed E-state index contributed by atoms with van der Waals surface area (Å²) in [5, 5.41) is 2.82. The van der Waals surface area contributed by atoms with Gasteiger partial charge in [-0.25, -0.2) is 0 Å². The van der Waals surface area contributed by atoms with Gasteiger partial charge in [0.25, 0.3) is 0 Å². The van der Waals surface area contributed by atoms with Gasteiger partial charge in [0.15, 0.2) is 0 Å². The Morgan fingerprint density at radius 1 is 1.14 bits per heavy atom. The van der Waals surface area contributed by atoms with Crippen molar-refractivity contribution >= 4 is 90.7 Å². The number of para-hydroxylation sites is 1. The first-order valence-corrected chi connectivity index (χ1v) is 13.1. The van der Waals surface area contributed by atoms with Crippen LogP contribution in [0.3, 0.4) is 0 Å². The van der Waals surface area contributed by atoms with Crippen LogP contribution in [0.4, 0.5) is 16.1 Å². The van der Waals surface area contributed by atoms with Gasteiger partial charge in [-0.3, -0.25) is 0 Å². The van der Waals surface area contributed by atoms with Gasteiger partial charge in [0.1, 0.15) is 0 Å². The number of rotatable bonds is 2. The number of pyridine rings is 1. The van der Waals surface area contributed by atoms with E-state index in [-0.39, 0.29) is 20.4 Å². The number of aromatic nitrogens is 1. The van der Waals surface area contributed by atoms with Crippen molar-refractivity contribution in [2.24, 2.45) is 0 Å². The summed E-state index contributed by atoms with van der Waals surface area (Å²) in [6, 6.07) is 17.2. The van der Waals surface area contributed by atoms with E-state index in [0.29, 0.717) is 9.23 Å². The van der Waals surface area contributed by atoms with Gasteiger partial charge in [0.2, 0.25) is 0 Å². The minimum atomic E-state index is -0.524. The Kier molecular flexibility index (Phi) is 4.61. The number of fused-ring (bicyclic) bond motifs is 2. The van der Waals surface area contributed by atoms with Crippen molar-refractivity contribution in [2.75, 3.05) is 11.9 Å². The molecule has 0 unspecified atom stereocenters. The number of hydrogen-bond donors (Lipinski definition) is 0. The van der Waals surface area contributed by atoms with Crippen LogP contribution in [0.2, 0.25) is 0 Å². The number of benzene rings is 1. The van der Waals surface area contributed by atoms with Crippen molar-refractivity contribution in [1.82, 2.24) is 9.88 Å². The zero-order valence-electron chi connectivity index (χ0n) is 15.0. The third kappa shape index (κ3) is 3.02. The normalized spacial score (nSPS) is 18.1. The molecule has 3 aromatic rings. The Bertz CT molecular complexity index is 1110. The van der Waals surface area contributed by atoms with E-state index in [1.165, 1.54) is 41.7 Å². The zero-order valence-corrected chi connectivity index (χ0v) is 19.7. The van der Waals surface area contributed by atoms with E-state index in [2.05, 4.69) is 47.4 Å².